The number of carbonyl (C=O) groups excluding carboxylic acids is 1. The Morgan fingerprint density at radius 2 is 1.95 bits per heavy atom. The maximum atomic E-state index is 13.0. The molecule has 0 spiro atoms. The van der Waals surface area contributed by atoms with E-state index < -0.39 is 23.1 Å². The number of Topliss-reactive ketones (excluding diaryl/α,β-unsaturated/α-hetero) is 1. The Balaban J connectivity index is 2.09. The quantitative estimate of drug-likeness (QED) is 0.478. The third kappa shape index (κ3) is 3.17. The van der Waals surface area contributed by atoms with Gasteiger partial charge in [-0.2, -0.15) is 0 Å². The lowest BCUT2D eigenvalue weighted by atomic mass is 10.1. The highest BCUT2D eigenvalue weighted by molar-refractivity contribution is 5.97. The number of halogens is 1. The lowest BCUT2D eigenvalue weighted by molar-refractivity contribution is -0.385. The zero-order valence-electron chi connectivity index (χ0n) is 10.3. The van der Waals surface area contributed by atoms with Gasteiger partial charge < -0.3 is 4.74 Å². The minimum Gasteiger partial charge on any atom is -0.478 e. The second kappa shape index (κ2) is 5.92. The first kappa shape index (κ1) is 13.7. The third-order valence-corrected chi connectivity index (χ3v) is 2.57. The molecule has 2 aromatic rings. The summed E-state index contributed by atoms with van der Waals surface area (Å²) in [5.74, 6) is -0.980. The highest BCUT2D eigenvalue weighted by Crippen LogP contribution is 2.25. The molecular formula is C14H10FNO4. The first-order valence-electron chi connectivity index (χ1n) is 5.73. The van der Waals surface area contributed by atoms with Crippen molar-refractivity contribution in [1.82, 2.24) is 0 Å². The fourth-order valence-electron chi connectivity index (χ4n) is 1.62. The number of rotatable bonds is 5. The van der Waals surface area contributed by atoms with E-state index in [2.05, 4.69) is 0 Å². The smallest absolute Gasteiger partial charge is 0.310 e. The van der Waals surface area contributed by atoms with E-state index in [0.29, 0.717) is 0 Å². The number of benzene rings is 2. The molecular weight excluding hydrogens is 265 g/mol. The third-order valence-electron chi connectivity index (χ3n) is 2.57. The first-order valence-corrected chi connectivity index (χ1v) is 5.73. The second-order valence-corrected chi connectivity index (χ2v) is 3.95. The number of hydrogen-bond donors (Lipinski definition) is 0. The molecule has 20 heavy (non-hydrogen) atoms. The van der Waals surface area contributed by atoms with Crippen LogP contribution in [0.1, 0.15) is 10.4 Å². The number of hydrogen-bond acceptors (Lipinski definition) is 4. The number of nitro benzene ring substituents is 1. The highest BCUT2D eigenvalue weighted by Gasteiger charge is 2.15. The van der Waals surface area contributed by atoms with Crippen LogP contribution < -0.4 is 4.74 Å². The lowest BCUT2D eigenvalue weighted by Crippen LogP contribution is -2.12. The summed E-state index contributed by atoms with van der Waals surface area (Å²) in [7, 11) is 0. The van der Waals surface area contributed by atoms with Crippen molar-refractivity contribution in [3.8, 4) is 5.75 Å². The van der Waals surface area contributed by atoms with Crippen LogP contribution in [0.4, 0.5) is 10.1 Å². The summed E-state index contributed by atoms with van der Waals surface area (Å²) in [4.78, 5) is 22.0. The Bertz CT molecular complexity index is 657. The summed E-state index contributed by atoms with van der Waals surface area (Å²) < 4.78 is 18.1. The molecule has 0 amide bonds. The van der Waals surface area contributed by atoms with Crippen molar-refractivity contribution in [2.75, 3.05) is 6.61 Å². The molecule has 102 valence electrons. The van der Waals surface area contributed by atoms with Gasteiger partial charge >= 0.3 is 5.69 Å². The SMILES string of the molecule is O=C(COc1ccccc1[N+](=O)[O-])c1cccc(F)c1. The topological polar surface area (TPSA) is 69.4 Å². The number of ketones is 1. The minimum atomic E-state index is -0.595. The molecule has 0 aliphatic carbocycles. The van der Waals surface area contributed by atoms with Crippen LogP contribution in [0.25, 0.3) is 0 Å². The Morgan fingerprint density at radius 1 is 1.20 bits per heavy atom. The maximum absolute atomic E-state index is 13.0. The highest BCUT2D eigenvalue weighted by atomic mass is 19.1. The number of ether oxygens (including phenoxy) is 1. The van der Waals surface area contributed by atoms with E-state index in [0.717, 1.165) is 6.07 Å². The van der Waals surface area contributed by atoms with Crippen molar-refractivity contribution in [2.24, 2.45) is 0 Å². The van der Waals surface area contributed by atoms with Gasteiger partial charge in [-0.3, -0.25) is 14.9 Å². The summed E-state index contributed by atoms with van der Waals surface area (Å²) in [5.41, 5.74) is -0.0665. The Kier molecular flexibility index (Phi) is 4.05. The molecule has 5 nitrogen and oxygen atoms in total. The van der Waals surface area contributed by atoms with Gasteiger partial charge in [0.25, 0.3) is 0 Å². The fourth-order valence-corrected chi connectivity index (χ4v) is 1.62. The van der Waals surface area contributed by atoms with Gasteiger partial charge in [0.15, 0.2) is 18.1 Å². The number of nitrogens with zero attached hydrogens (tertiary/aromatic N) is 1. The van der Waals surface area contributed by atoms with Gasteiger partial charge in [-0.15, -0.1) is 0 Å². The molecule has 2 rings (SSSR count). The minimum absolute atomic E-state index is 0.00209. The Morgan fingerprint density at radius 3 is 2.65 bits per heavy atom. The second-order valence-electron chi connectivity index (χ2n) is 3.95. The standard InChI is InChI=1S/C14H10FNO4/c15-11-5-3-4-10(8-11)13(17)9-20-14-7-2-1-6-12(14)16(18)19/h1-8H,9H2. The molecule has 0 aromatic heterocycles. The van der Waals surface area contributed by atoms with Crippen molar-refractivity contribution in [3.05, 3.63) is 70.0 Å². The van der Waals surface area contributed by atoms with Crippen LogP contribution in [0.15, 0.2) is 48.5 Å². The molecule has 0 saturated heterocycles. The number of carbonyl (C=O) groups is 1. The Labute approximate surface area is 113 Å². The van der Waals surface area contributed by atoms with E-state index in [4.69, 9.17) is 4.74 Å². The van der Waals surface area contributed by atoms with E-state index in [1.807, 2.05) is 0 Å². The van der Waals surface area contributed by atoms with Crippen LogP contribution in [0, 0.1) is 15.9 Å². The van der Waals surface area contributed by atoms with Crippen LogP contribution in [0.5, 0.6) is 5.75 Å². The lowest BCUT2D eigenvalue weighted by Gasteiger charge is -2.06. The molecule has 0 aliphatic heterocycles. The van der Waals surface area contributed by atoms with Crippen LogP contribution in [-0.4, -0.2) is 17.3 Å². The van der Waals surface area contributed by atoms with Crippen LogP contribution in [0.2, 0.25) is 0 Å². The molecule has 0 saturated carbocycles. The molecule has 0 bridgehead atoms. The van der Waals surface area contributed by atoms with Gasteiger partial charge in [-0.25, -0.2) is 4.39 Å². The van der Waals surface area contributed by atoms with E-state index in [-0.39, 0.29) is 17.0 Å². The van der Waals surface area contributed by atoms with Gasteiger partial charge in [0.2, 0.25) is 0 Å². The summed E-state index contributed by atoms with van der Waals surface area (Å²) in [6, 6.07) is 10.9. The molecule has 0 unspecified atom stereocenters. The van der Waals surface area contributed by atoms with Gasteiger partial charge in [-0.05, 0) is 18.2 Å². The summed E-state index contributed by atoms with van der Waals surface area (Å²) in [6.45, 7) is -0.395. The van der Waals surface area contributed by atoms with E-state index >= 15 is 0 Å². The molecule has 0 fully saturated rings. The first-order chi connectivity index (χ1) is 9.58. The predicted octanol–water partition coefficient (Wildman–Crippen LogP) is 3.00. The largest absolute Gasteiger partial charge is 0.478 e. The maximum Gasteiger partial charge on any atom is 0.310 e. The zero-order valence-corrected chi connectivity index (χ0v) is 10.3. The molecule has 0 atom stereocenters. The van der Waals surface area contributed by atoms with Crippen molar-refractivity contribution < 1.29 is 18.8 Å². The van der Waals surface area contributed by atoms with Crippen molar-refractivity contribution in [2.45, 2.75) is 0 Å². The molecule has 6 heteroatoms. The molecule has 0 aliphatic rings. The Hall–Kier alpha value is -2.76. The van der Waals surface area contributed by atoms with Crippen LogP contribution >= 0.6 is 0 Å². The van der Waals surface area contributed by atoms with Crippen molar-refractivity contribution in [3.63, 3.8) is 0 Å². The van der Waals surface area contributed by atoms with E-state index in [1.165, 1.54) is 36.4 Å². The summed E-state index contributed by atoms with van der Waals surface area (Å²) in [5, 5.41) is 10.8. The van der Waals surface area contributed by atoms with Crippen molar-refractivity contribution >= 4 is 11.5 Å². The predicted molar refractivity (Wildman–Crippen MR) is 69.3 cm³/mol. The number of nitro groups is 1. The number of para-hydroxylation sites is 2. The van der Waals surface area contributed by atoms with Gasteiger partial charge in [-0.1, -0.05) is 24.3 Å². The zero-order chi connectivity index (χ0) is 14.5. The molecule has 0 N–H and O–H groups in total. The molecule has 2 aromatic carbocycles. The average molecular weight is 275 g/mol. The molecule has 0 heterocycles. The monoisotopic (exact) mass is 275 g/mol. The van der Waals surface area contributed by atoms with Crippen LogP contribution in [0.3, 0.4) is 0 Å². The van der Waals surface area contributed by atoms with E-state index in [1.54, 1.807) is 6.07 Å². The summed E-state index contributed by atoms with van der Waals surface area (Å²) in [6.07, 6.45) is 0. The van der Waals surface area contributed by atoms with Crippen LogP contribution in [-0.2, 0) is 0 Å². The van der Waals surface area contributed by atoms with Crippen molar-refractivity contribution in [1.29, 1.82) is 0 Å². The normalized spacial score (nSPS) is 10.1. The van der Waals surface area contributed by atoms with Gasteiger partial charge in [0.05, 0.1) is 4.92 Å². The van der Waals surface area contributed by atoms with E-state index in [9.17, 15) is 19.3 Å². The summed E-state index contributed by atoms with van der Waals surface area (Å²) >= 11 is 0. The van der Waals surface area contributed by atoms with Gasteiger partial charge in [0.1, 0.15) is 5.82 Å². The average Bonchev–Trinajstić information content (AvgIpc) is 2.45. The van der Waals surface area contributed by atoms with Gasteiger partial charge in [0, 0.05) is 11.6 Å². The molecule has 0 radical (unpaired) electrons. The fraction of sp³-hybridized carbons (Fsp3) is 0.0714.